The van der Waals surface area contributed by atoms with Crippen LogP contribution in [0.2, 0.25) is 15.1 Å². The first-order chi connectivity index (χ1) is 53.9. The molecule has 3 aliphatic rings. The van der Waals surface area contributed by atoms with Crippen molar-refractivity contribution in [3.05, 3.63) is 308 Å². The Balaban J connectivity index is 0.000000146. The van der Waals surface area contributed by atoms with E-state index in [0.717, 1.165) is 176 Å². The van der Waals surface area contributed by atoms with E-state index in [1.807, 2.05) is 146 Å². The number of piperidine rings is 1. The molecular formula is C92H99Cl3N12O3. The SMILES string of the molecule is CC(CNCCCn1cc(C(=O)NCc2ccccc2Cl)c2ccccc21)c1ccccc1.N#Cc1cccnc1N1CCCN(CCCn2cc(C(=O)NCc3ccccc3Cl)c3ccccc32)CC1.O=C(NCc1ccccc1Cl)c1cn(CCCN2C3CCC2CC(CCc2ccccc2)C3)c2ccccc12. The fraction of sp³-hybridized carbons (Fsp3) is 0.315. The predicted octanol–water partition coefficient (Wildman–Crippen LogP) is 18.6. The van der Waals surface area contributed by atoms with Gasteiger partial charge in [0.1, 0.15) is 11.9 Å². The largest absolute Gasteiger partial charge is 0.354 e. The molecule has 3 amide bonds. The Kier molecular flexibility index (Phi) is 27.7. The van der Waals surface area contributed by atoms with Crippen LogP contribution >= 0.6 is 34.8 Å². The van der Waals surface area contributed by atoms with Crippen LogP contribution in [0.15, 0.2) is 243 Å². The molecule has 0 radical (unpaired) electrons. The first-order valence-electron chi connectivity index (χ1n) is 39.1. The third-order valence-electron chi connectivity index (χ3n) is 22.0. The number of nitriles is 1. The third-order valence-corrected chi connectivity index (χ3v) is 23.1. The Labute approximate surface area is 662 Å². The molecule has 18 heteroatoms. The van der Waals surface area contributed by atoms with Gasteiger partial charge in [0.05, 0.1) is 22.3 Å². The highest BCUT2D eigenvalue weighted by atomic mass is 35.5. The van der Waals surface area contributed by atoms with Gasteiger partial charge in [-0.3, -0.25) is 19.3 Å². The maximum Gasteiger partial charge on any atom is 0.253 e. The number of para-hydroxylation sites is 3. The van der Waals surface area contributed by atoms with Crippen LogP contribution in [-0.4, -0.2) is 111 Å². The Morgan fingerprint density at radius 2 is 0.955 bits per heavy atom. The fourth-order valence-corrected chi connectivity index (χ4v) is 16.8. The number of amides is 3. The first-order valence-corrected chi connectivity index (χ1v) is 40.2. The molecule has 4 N–H and O–H groups in total. The molecule has 2 bridgehead atoms. The van der Waals surface area contributed by atoms with Crippen molar-refractivity contribution in [1.82, 2.24) is 49.8 Å². The van der Waals surface area contributed by atoms with Crippen LogP contribution in [0, 0.1) is 17.2 Å². The molecule has 0 spiro atoms. The van der Waals surface area contributed by atoms with Gasteiger partial charge < -0.3 is 44.8 Å². The molecule has 12 aromatic rings. The van der Waals surface area contributed by atoms with Crippen LogP contribution in [-0.2, 0) is 45.7 Å². The zero-order valence-corrected chi connectivity index (χ0v) is 65.1. The van der Waals surface area contributed by atoms with Gasteiger partial charge in [0, 0.05) is 157 Å². The summed E-state index contributed by atoms with van der Waals surface area (Å²) in [5.74, 6) is 1.89. The molecule has 15 nitrogen and oxygen atoms in total. The molecule has 7 heterocycles. The van der Waals surface area contributed by atoms with Crippen LogP contribution in [0.4, 0.5) is 5.82 Å². The Hall–Kier alpha value is -10.0. The molecule has 110 heavy (non-hydrogen) atoms. The van der Waals surface area contributed by atoms with Crippen molar-refractivity contribution < 1.29 is 14.4 Å². The smallest absolute Gasteiger partial charge is 0.253 e. The number of aryl methyl sites for hydroxylation is 4. The minimum absolute atomic E-state index is 0.0551. The van der Waals surface area contributed by atoms with Gasteiger partial charge in [0.2, 0.25) is 0 Å². The number of halogens is 3. The topological polar surface area (TPSA) is 161 Å². The summed E-state index contributed by atoms with van der Waals surface area (Å²) in [6.07, 6.45) is 19.8. The van der Waals surface area contributed by atoms with Crippen molar-refractivity contribution in [1.29, 1.82) is 5.26 Å². The second-order valence-electron chi connectivity index (χ2n) is 29.3. The number of hydrogen-bond donors (Lipinski definition) is 4. The van der Waals surface area contributed by atoms with Gasteiger partial charge in [-0.15, -0.1) is 0 Å². The highest BCUT2D eigenvalue weighted by Crippen LogP contribution is 2.41. The lowest BCUT2D eigenvalue weighted by Gasteiger charge is -2.39. The zero-order valence-electron chi connectivity index (χ0n) is 62.8. The summed E-state index contributed by atoms with van der Waals surface area (Å²) in [6.45, 7) is 13.8. The van der Waals surface area contributed by atoms with Crippen molar-refractivity contribution in [3.63, 3.8) is 0 Å². The summed E-state index contributed by atoms with van der Waals surface area (Å²) in [7, 11) is 0. The summed E-state index contributed by atoms with van der Waals surface area (Å²) in [5.41, 5.74) is 11.6. The van der Waals surface area contributed by atoms with E-state index < -0.39 is 0 Å². The number of nitrogens with one attached hydrogen (secondary N) is 4. The number of fused-ring (bicyclic) bond motifs is 5. The van der Waals surface area contributed by atoms with Crippen LogP contribution in [0.1, 0.15) is 135 Å². The van der Waals surface area contributed by atoms with Crippen LogP contribution in [0.25, 0.3) is 32.7 Å². The summed E-state index contributed by atoms with van der Waals surface area (Å²) in [6, 6.07) is 76.1. The Morgan fingerprint density at radius 1 is 0.500 bits per heavy atom. The number of hydrogen-bond acceptors (Lipinski definition) is 9. The van der Waals surface area contributed by atoms with Gasteiger partial charge in [-0.2, -0.15) is 5.26 Å². The van der Waals surface area contributed by atoms with E-state index in [-0.39, 0.29) is 17.7 Å². The third kappa shape index (κ3) is 20.3. The van der Waals surface area contributed by atoms with E-state index >= 15 is 0 Å². The molecule has 3 atom stereocenters. The van der Waals surface area contributed by atoms with Crippen molar-refractivity contribution in [2.45, 2.75) is 128 Å². The minimum atomic E-state index is -0.0984. The zero-order chi connectivity index (χ0) is 76.0. The molecule has 3 saturated heterocycles. The highest BCUT2D eigenvalue weighted by Gasteiger charge is 2.40. The second-order valence-corrected chi connectivity index (χ2v) is 30.5. The van der Waals surface area contributed by atoms with Gasteiger partial charge in [0.15, 0.2) is 0 Å². The van der Waals surface area contributed by atoms with Gasteiger partial charge in [0.25, 0.3) is 17.7 Å². The average Bonchev–Trinajstić information content (AvgIpc) is 1.66. The molecule has 0 aliphatic carbocycles. The first kappa shape index (κ1) is 78.1. The molecule has 0 saturated carbocycles. The molecule has 8 aromatic carbocycles. The number of carbonyl (C=O) groups excluding carboxylic acids is 3. The molecule has 566 valence electrons. The molecule has 15 rings (SSSR count). The monoisotopic (exact) mass is 1520 g/mol. The lowest BCUT2D eigenvalue weighted by atomic mass is 9.86. The van der Waals surface area contributed by atoms with E-state index in [4.69, 9.17) is 34.8 Å². The number of benzene rings is 8. The number of rotatable bonds is 28. The number of nitrogens with zero attached hydrogens (tertiary/aromatic N) is 8. The molecule has 3 unspecified atom stereocenters. The summed E-state index contributed by atoms with van der Waals surface area (Å²) >= 11 is 18.8. The molecule has 3 fully saturated rings. The molecule has 3 aliphatic heterocycles. The van der Waals surface area contributed by atoms with Crippen molar-refractivity contribution >= 4 is 91.1 Å². The van der Waals surface area contributed by atoms with Gasteiger partial charge in [-0.05, 0) is 172 Å². The standard InChI is InChI=1S/C34H38ClN3O.C30H31ClN6O.C28H30ClN3O/c35-32-13-6-4-11-27(32)23-36-34(39)31-24-37(33-14-7-5-12-30(31)33)19-8-20-38-28-17-18-29(38)22-26(21-28)16-15-25-9-2-1-3-10-25;31-27-11-3-1-8-24(27)21-34-30(38)26-22-37(28-12-4-2-10-25(26)28)17-7-15-35-14-6-16-36(19-18-35)29-23(20-32)9-5-13-33-29;1-21(22-10-3-2-4-11-22)18-30-16-9-17-32-20-25(24-13-6-8-15-27(24)32)28(33)31-19-23-12-5-7-14-26(23)29/h1-7,9-14,24,26,28-29H,8,15-23H2,(H,36,39);1-5,8-13,22H,6-7,14-19,21H2,(H,34,38);2-8,10-15,20-21,30H,9,16-19H2,1H3,(H,31,33). The normalized spacial score (nSPS) is 16.0. The number of carbonyl (C=O) groups is 3. The van der Waals surface area contributed by atoms with E-state index in [2.05, 4.69) is 159 Å². The lowest BCUT2D eigenvalue weighted by molar-refractivity contribution is 0.0944. The fourth-order valence-electron chi connectivity index (χ4n) is 16.2. The van der Waals surface area contributed by atoms with Crippen LogP contribution in [0.3, 0.4) is 0 Å². The lowest BCUT2D eigenvalue weighted by Crippen LogP contribution is -2.43. The Morgan fingerprint density at radius 3 is 1.45 bits per heavy atom. The van der Waals surface area contributed by atoms with E-state index in [0.29, 0.717) is 57.3 Å². The summed E-state index contributed by atoms with van der Waals surface area (Å²) < 4.78 is 6.65. The average molecular weight is 1530 g/mol. The van der Waals surface area contributed by atoms with E-state index in [9.17, 15) is 19.6 Å². The number of aromatic nitrogens is 4. The van der Waals surface area contributed by atoms with Crippen molar-refractivity contribution in [2.75, 3.05) is 57.3 Å². The summed E-state index contributed by atoms with van der Waals surface area (Å²) in [4.78, 5) is 51.2. The van der Waals surface area contributed by atoms with E-state index in [1.165, 1.54) is 49.7 Å². The molecular weight excluding hydrogens is 1430 g/mol. The highest BCUT2D eigenvalue weighted by molar-refractivity contribution is 6.32. The quantitative estimate of drug-likeness (QED) is 0.0350. The maximum atomic E-state index is 13.2. The maximum absolute atomic E-state index is 13.2. The number of anilines is 1. The van der Waals surface area contributed by atoms with Gasteiger partial charge in [-0.25, -0.2) is 4.98 Å². The second kappa shape index (κ2) is 39.1. The Bertz CT molecular complexity index is 5060. The number of pyridine rings is 1. The van der Waals surface area contributed by atoms with E-state index in [1.54, 1.807) is 6.20 Å². The van der Waals surface area contributed by atoms with Crippen molar-refractivity contribution in [3.8, 4) is 6.07 Å². The summed E-state index contributed by atoms with van der Waals surface area (Å²) in [5, 5.41) is 27.0. The van der Waals surface area contributed by atoms with Crippen LogP contribution in [0.5, 0.6) is 0 Å². The van der Waals surface area contributed by atoms with Crippen LogP contribution < -0.4 is 26.2 Å². The minimum Gasteiger partial charge on any atom is -0.354 e. The molecule has 4 aromatic heterocycles. The predicted molar refractivity (Wildman–Crippen MR) is 448 cm³/mol. The van der Waals surface area contributed by atoms with Gasteiger partial charge in [-0.1, -0.05) is 212 Å². The van der Waals surface area contributed by atoms with Gasteiger partial charge >= 0.3 is 0 Å². The van der Waals surface area contributed by atoms with Crippen molar-refractivity contribution in [2.24, 2.45) is 5.92 Å².